The molecular weight excluding hydrogens is 586 g/mol. The number of rotatable bonds is 37. The molecule has 6 nitrogen and oxygen atoms in total. The normalized spacial score (nSPS) is 12.2. The second-order valence-electron chi connectivity index (χ2n) is 14.2. The van der Waals surface area contributed by atoms with E-state index in [1.54, 1.807) is 0 Å². The Labute approximate surface area is 292 Å². The summed E-state index contributed by atoms with van der Waals surface area (Å²) in [5.74, 6) is -0.112. The van der Waals surface area contributed by atoms with Crippen molar-refractivity contribution < 1.29 is 24.2 Å². The van der Waals surface area contributed by atoms with Crippen molar-refractivity contribution in [1.29, 1.82) is 0 Å². The third kappa shape index (κ3) is 31.9. The number of carbonyl (C=O) groups is 2. The monoisotopic (exact) mass is 668 g/mol. The maximum absolute atomic E-state index is 12.8. The summed E-state index contributed by atoms with van der Waals surface area (Å²) in [5, 5.41) is 9.59. The summed E-state index contributed by atoms with van der Waals surface area (Å²) in [6.07, 6.45) is 32.3. The van der Waals surface area contributed by atoms with Gasteiger partial charge in [-0.15, -0.1) is 0 Å². The number of aliphatic hydroxyl groups excluding tert-OH is 1. The van der Waals surface area contributed by atoms with Gasteiger partial charge in [-0.25, -0.2) is 0 Å². The number of carbonyl (C=O) groups excluding carboxylic acids is 2. The van der Waals surface area contributed by atoms with Crippen LogP contribution in [0.1, 0.15) is 214 Å². The minimum atomic E-state index is -0.0627. The molecule has 0 aliphatic rings. The number of unbranched alkanes of at least 4 members (excludes halogenated alkanes) is 17. The van der Waals surface area contributed by atoms with E-state index in [2.05, 4.69) is 32.6 Å². The van der Waals surface area contributed by atoms with Crippen LogP contribution in [0.15, 0.2) is 0 Å². The maximum atomic E-state index is 12.8. The number of aliphatic hydroxyl groups is 1. The van der Waals surface area contributed by atoms with E-state index in [9.17, 15) is 14.7 Å². The summed E-state index contributed by atoms with van der Waals surface area (Å²) in [6.45, 7) is 11.3. The summed E-state index contributed by atoms with van der Waals surface area (Å²) in [7, 11) is 0. The van der Waals surface area contributed by atoms with Gasteiger partial charge < -0.3 is 19.5 Å². The second-order valence-corrected chi connectivity index (χ2v) is 14.2. The van der Waals surface area contributed by atoms with E-state index in [-0.39, 0.29) is 30.8 Å². The lowest BCUT2D eigenvalue weighted by Gasteiger charge is -2.22. The first-order chi connectivity index (χ1) is 23.0. The highest BCUT2D eigenvalue weighted by Crippen LogP contribution is 2.19. The lowest BCUT2D eigenvalue weighted by atomic mass is 10.0. The Kier molecular flexibility index (Phi) is 35.3. The van der Waals surface area contributed by atoms with Gasteiger partial charge in [0.25, 0.3) is 0 Å². The van der Waals surface area contributed by atoms with E-state index < -0.39 is 0 Å². The molecule has 0 aromatic rings. The van der Waals surface area contributed by atoms with Crippen LogP contribution in [0.4, 0.5) is 0 Å². The van der Waals surface area contributed by atoms with Crippen LogP contribution >= 0.6 is 0 Å². The molecule has 0 aromatic carbocycles. The number of esters is 2. The molecular formula is C41H81NO5. The van der Waals surface area contributed by atoms with Gasteiger partial charge in [-0.05, 0) is 77.3 Å². The molecule has 0 saturated carbocycles. The maximum Gasteiger partial charge on any atom is 0.306 e. The third-order valence-electron chi connectivity index (χ3n) is 9.47. The summed E-state index contributed by atoms with van der Waals surface area (Å²) in [4.78, 5) is 27.5. The van der Waals surface area contributed by atoms with E-state index in [0.29, 0.717) is 19.4 Å². The Hall–Kier alpha value is -1.14. The van der Waals surface area contributed by atoms with Crippen LogP contribution in [0.5, 0.6) is 0 Å². The SMILES string of the molecule is CCCCCCCCC(CCC)OC(=O)CCCCCN(CCO)CCCC(=O)OC(CCCCCCCC)CCCCCCCC. The lowest BCUT2D eigenvalue weighted by molar-refractivity contribution is -0.151. The van der Waals surface area contributed by atoms with Gasteiger partial charge in [-0.3, -0.25) is 9.59 Å². The predicted molar refractivity (Wildman–Crippen MR) is 200 cm³/mol. The van der Waals surface area contributed by atoms with Gasteiger partial charge in [0.05, 0.1) is 6.61 Å². The van der Waals surface area contributed by atoms with Gasteiger partial charge in [0.15, 0.2) is 0 Å². The molecule has 0 heterocycles. The Morgan fingerprint density at radius 3 is 1.28 bits per heavy atom. The summed E-state index contributed by atoms with van der Waals surface area (Å²) in [6, 6.07) is 0. The number of hydrogen-bond acceptors (Lipinski definition) is 6. The minimum Gasteiger partial charge on any atom is -0.462 e. The molecule has 0 bridgehead atoms. The lowest BCUT2D eigenvalue weighted by Crippen LogP contribution is -2.30. The van der Waals surface area contributed by atoms with Gasteiger partial charge in [0.1, 0.15) is 12.2 Å². The third-order valence-corrected chi connectivity index (χ3v) is 9.47. The highest BCUT2D eigenvalue weighted by atomic mass is 16.5. The largest absolute Gasteiger partial charge is 0.462 e. The molecule has 0 fully saturated rings. The zero-order chi connectivity index (χ0) is 34.6. The Balaban J connectivity index is 4.35. The quantitative estimate of drug-likeness (QED) is 0.0525. The molecule has 280 valence electrons. The fraction of sp³-hybridized carbons (Fsp3) is 0.951. The van der Waals surface area contributed by atoms with Crippen LogP contribution in [0, 0.1) is 0 Å². The van der Waals surface area contributed by atoms with E-state index in [4.69, 9.17) is 9.47 Å². The van der Waals surface area contributed by atoms with E-state index in [0.717, 1.165) is 90.1 Å². The molecule has 47 heavy (non-hydrogen) atoms. The number of nitrogens with zero attached hydrogens (tertiary/aromatic N) is 1. The Bertz CT molecular complexity index is 656. The molecule has 1 unspecified atom stereocenters. The van der Waals surface area contributed by atoms with Crippen molar-refractivity contribution in [2.45, 2.75) is 226 Å². The summed E-state index contributed by atoms with van der Waals surface area (Å²) in [5.41, 5.74) is 0. The molecule has 0 aliphatic carbocycles. The molecule has 1 atom stereocenters. The second kappa shape index (κ2) is 36.1. The zero-order valence-corrected chi connectivity index (χ0v) is 32.0. The van der Waals surface area contributed by atoms with Crippen molar-refractivity contribution in [3.05, 3.63) is 0 Å². The fourth-order valence-corrected chi connectivity index (χ4v) is 6.50. The highest BCUT2D eigenvalue weighted by Gasteiger charge is 2.16. The van der Waals surface area contributed by atoms with Crippen LogP contribution < -0.4 is 0 Å². The van der Waals surface area contributed by atoms with Crippen molar-refractivity contribution in [2.24, 2.45) is 0 Å². The molecule has 0 aromatic heterocycles. The Morgan fingerprint density at radius 2 is 0.830 bits per heavy atom. The van der Waals surface area contributed by atoms with Gasteiger partial charge >= 0.3 is 11.9 Å². The summed E-state index contributed by atoms with van der Waals surface area (Å²) < 4.78 is 11.9. The van der Waals surface area contributed by atoms with Gasteiger partial charge in [0, 0.05) is 19.4 Å². The first-order valence-electron chi connectivity index (χ1n) is 20.7. The molecule has 0 saturated heterocycles. The molecule has 6 heteroatoms. The smallest absolute Gasteiger partial charge is 0.306 e. The van der Waals surface area contributed by atoms with Crippen molar-refractivity contribution >= 4 is 11.9 Å². The first-order valence-corrected chi connectivity index (χ1v) is 20.7. The van der Waals surface area contributed by atoms with Crippen molar-refractivity contribution in [1.82, 2.24) is 4.90 Å². The van der Waals surface area contributed by atoms with Gasteiger partial charge in [0.2, 0.25) is 0 Å². The first kappa shape index (κ1) is 45.9. The standard InChI is InChI=1S/C41H81NO5/c1-5-9-12-15-18-22-29-38(28-8-4)46-40(44)32-25-21-26-34-42(36-37-43)35-27-33-41(45)47-39(30-23-19-16-13-10-6-2)31-24-20-17-14-11-7-3/h38-39,43H,5-37H2,1-4H3. The van der Waals surface area contributed by atoms with Gasteiger partial charge in [-0.2, -0.15) is 0 Å². The number of ether oxygens (including phenoxy) is 2. The topological polar surface area (TPSA) is 76.1 Å². The van der Waals surface area contributed by atoms with E-state index in [1.165, 1.54) is 96.3 Å². The van der Waals surface area contributed by atoms with Crippen LogP contribution in [0.3, 0.4) is 0 Å². The predicted octanol–water partition coefficient (Wildman–Crippen LogP) is 11.5. The summed E-state index contributed by atoms with van der Waals surface area (Å²) >= 11 is 0. The van der Waals surface area contributed by atoms with E-state index >= 15 is 0 Å². The van der Waals surface area contributed by atoms with Gasteiger partial charge in [-0.1, -0.05) is 137 Å². The van der Waals surface area contributed by atoms with E-state index in [1.807, 2.05) is 0 Å². The van der Waals surface area contributed by atoms with Crippen LogP contribution in [0.25, 0.3) is 0 Å². The fourth-order valence-electron chi connectivity index (χ4n) is 6.50. The average Bonchev–Trinajstić information content (AvgIpc) is 3.05. The average molecular weight is 668 g/mol. The highest BCUT2D eigenvalue weighted by molar-refractivity contribution is 5.69. The minimum absolute atomic E-state index is 0.0496. The van der Waals surface area contributed by atoms with Crippen molar-refractivity contribution in [2.75, 3.05) is 26.2 Å². The molecule has 0 spiro atoms. The molecule has 0 aliphatic heterocycles. The van der Waals surface area contributed by atoms with Crippen LogP contribution in [0.2, 0.25) is 0 Å². The zero-order valence-electron chi connectivity index (χ0n) is 32.0. The van der Waals surface area contributed by atoms with Crippen molar-refractivity contribution in [3.63, 3.8) is 0 Å². The molecule has 0 rings (SSSR count). The van der Waals surface area contributed by atoms with Crippen LogP contribution in [-0.2, 0) is 19.1 Å². The van der Waals surface area contributed by atoms with Crippen LogP contribution in [-0.4, -0.2) is 60.4 Å². The molecule has 0 radical (unpaired) electrons. The van der Waals surface area contributed by atoms with Crippen molar-refractivity contribution in [3.8, 4) is 0 Å². The molecule has 1 N–H and O–H groups in total. The number of hydrogen-bond donors (Lipinski definition) is 1. The molecule has 0 amide bonds. The Morgan fingerprint density at radius 1 is 0.447 bits per heavy atom.